The van der Waals surface area contributed by atoms with Gasteiger partial charge < -0.3 is 14.8 Å². The van der Waals surface area contributed by atoms with Crippen LogP contribution in [0.3, 0.4) is 0 Å². The molecule has 1 aliphatic heterocycles. The van der Waals surface area contributed by atoms with Gasteiger partial charge in [-0.25, -0.2) is 0 Å². The zero-order valence-corrected chi connectivity index (χ0v) is 16.4. The van der Waals surface area contributed by atoms with Crippen LogP contribution in [0.15, 0.2) is 73.6 Å². The molecular formula is C24H29NO2. The molecule has 0 saturated heterocycles. The smallest absolute Gasteiger partial charge is 0.126 e. The first-order valence-electron chi connectivity index (χ1n) is 9.17. The summed E-state index contributed by atoms with van der Waals surface area (Å²) in [5.41, 5.74) is 1.98. The molecule has 3 heteroatoms. The van der Waals surface area contributed by atoms with E-state index in [2.05, 4.69) is 60.5 Å². The number of hydrogen-bond acceptors (Lipinski definition) is 3. The van der Waals surface area contributed by atoms with Crippen molar-refractivity contribution < 1.29 is 9.47 Å². The first-order chi connectivity index (χ1) is 13.2. The van der Waals surface area contributed by atoms with Crippen molar-refractivity contribution in [2.75, 3.05) is 14.2 Å². The lowest BCUT2D eigenvalue weighted by Crippen LogP contribution is -2.01. The van der Waals surface area contributed by atoms with Crippen LogP contribution >= 0.6 is 0 Å². The molecule has 1 aromatic carbocycles. The topological polar surface area (TPSA) is 30.5 Å². The predicted molar refractivity (Wildman–Crippen MR) is 116 cm³/mol. The molecule has 0 aromatic heterocycles. The van der Waals surface area contributed by atoms with Gasteiger partial charge in [-0.2, -0.15) is 0 Å². The highest BCUT2D eigenvalue weighted by Crippen LogP contribution is 2.31. The fraction of sp³-hybridized carbons (Fsp3) is 0.250. The highest BCUT2D eigenvalue weighted by Gasteiger charge is 2.09. The van der Waals surface area contributed by atoms with E-state index in [0.29, 0.717) is 5.92 Å². The van der Waals surface area contributed by atoms with Crippen molar-refractivity contribution in [1.82, 2.24) is 5.32 Å². The molecule has 0 aliphatic carbocycles. The average molecular weight is 364 g/mol. The normalized spacial score (nSPS) is 15.5. The molecule has 0 bridgehead atoms. The lowest BCUT2D eigenvalue weighted by molar-refractivity contribution is 0.401. The van der Waals surface area contributed by atoms with E-state index < -0.39 is 0 Å². The van der Waals surface area contributed by atoms with Gasteiger partial charge in [-0.1, -0.05) is 54.7 Å². The maximum absolute atomic E-state index is 5.61. The van der Waals surface area contributed by atoms with Gasteiger partial charge in [-0.15, -0.1) is 6.58 Å². The molecule has 0 saturated carbocycles. The Bertz CT molecular complexity index is 757. The van der Waals surface area contributed by atoms with Crippen LogP contribution in [0.25, 0.3) is 12.2 Å². The van der Waals surface area contributed by atoms with Gasteiger partial charge in [-0.05, 0) is 43.8 Å². The largest absolute Gasteiger partial charge is 0.496 e. The van der Waals surface area contributed by atoms with Gasteiger partial charge in [0.25, 0.3) is 0 Å². The second kappa shape index (κ2) is 10.9. The predicted octanol–water partition coefficient (Wildman–Crippen LogP) is 5.75. The number of methoxy groups -OCH3 is 2. The average Bonchev–Trinajstić information content (AvgIpc) is 2.71. The lowest BCUT2D eigenvalue weighted by Gasteiger charge is -2.13. The van der Waals surface area contributed by atoms with Crippen molar-refractivity contribution in [2.45, 2.75) is 13.3 Å². The second-order valence-electron chi connectivity index (χ2n) is 6.23. The van der Waals surface area contributed by atoms with E-state index in [-0.39, 0.29) is 5.92 Å². The van der Waals surface area contributed by atoms with Crippen LogP contribution < -0.4 is 14.8 Å². The molecule has 27 heavy (non-hydrogen) atoms. The summed E-state index contributed by atoms with van der Waals surface area (Å²) in [5, 5.41) is 3.04. The molecular weight excluding hydrogens is 334 g/mol. The quantitative estimate of drug-likeness (QED) is 0.567. The van der Waals surface area contributed by atoms with Gasteiger partial charge in [0, 0.05) is 17.0 Å². The van der Waals surface area contributed by atoms with Gasteiger partial charge >= 0.3 is 0 Å². The SMILES string of the molecule is C=CCC(/C=C\C)/C=C/c1cc(OC)c(/C=C/C2C=CNC=C2)cc1OC. The van der Waals surface area contributed by atoms with Crippen LogP contribution in [-0.4, -0.2) is 14.2 Å². The van der Waals surface area contributed by atoms with Crippen LogP contribution in [0.5, 0.6) is 11.5 Å². The highest BCUT2D eigenvalue weighted by atomic mass is 16.5. The molecule has 1 N–H and O–H groups in total. The van der Waals surface area contributed by atoms with Crippen molar-refractivity contribution in [2.24, 2.45) is 11.8 Å². The summed E-state index contributed by atoms with van der Waals surface area (Å²) < 4.78 is 11.2. The maximum atomic E-state index is 5.61. The van der Waals surface area contributed by atoms with Gasteiger partial charge in [0.15, 0.2) is 0 Å². The Morgan fingerprint density at radius 2 is 1.67 bits per heavy atom. The number of rotatable bonds is 9. The Morgan fingerprint density at radius 1 is 1.04 bits per heavy atom. The first-order valence-corrected chi connectivity index (χ1v) is 9.17. The van der Waals surface area contributed by atoms with Gasteiger partial charge in [0.05, 0.1) is 14.2 Å². The van der Waals surface area contributed by atoms with Crippen LogP contribution in [0.1, 0.15) is 24.5 Å². The van der Waals surface area contributed by atoms with E-state index in [1.54, 1.807) is 14.2 Å². The molecule has 0 radical (unpaired) electrons. The lowest BCUT2D eigenvalue weighted by atomic mass is 10.0. The van der Waals surface area contributed by atoms with E-state index in [9.17, 15) is 0 Å². The zero-order valence-electron chi connectivity index (χ0n) is 16.4. The summed E-state index contributed by atoms with van der Waals surface area (Å²) in [6, 6.07) is 4.03. The van der Waals surface area contributed by atoms with Crippen LogP contribution in [-0.2, 0) is 0 Å². The monoisotopic (exact) mass is 363 g/mol. The van der Waals surface area contributed by atoms with Crippen LogP contribution in [0.4, 0.5) is 0 Å². The molecule has 1 aromatic rings. The van der Waals surface area contributed by atoms with E-state index in [0.717, 1.165) is 29.0 Å². The first kappa shape index (κ1) is 20.4. The molecule has 1 aliphatic rings. The summed E-state index contributed by atoms with van der Waals surface area (Å²) >= 11 is 0. The minimum Gasteiger partial charge on any atom is -0.496 e. The highest BCUT2D eigenvalue weighted by molar-refractivity contribution is 5.68. The van der Waals surface area contributed by atoms with Crippen molar-refractivity contribution in [3.05, 3.63) is 84.8 Å². The third-order valence-corrected chi connectivity index (χ3v) is 4.31. The number of benzene rings is 1. The maximum Gasteiger partial charge on any atom is 0.126 e. The van der Waals surface area contributed by atoms with E-state index in [1.165, 1.54) is 0 Å². The number of dihydropyridines is 1. The Labute approximate surface area is 163 Å². The van der Waals surface area contributed by atoms with Gasteiger partial charge in [-0.3, -0.25) is 0 Å². The fourth-order valence-corrected chi connectivity index (χ4v) is 2.89. The molecule has 0 spiro atoms. The summed E-state index contributed by atoms with van der Waals surface area (Å²) in [6.07, 6.45) is 23.6. The van der Waals surface area contributed by atoms with Crippen molar-refractivity contribution in [1.29, 1.82) is 0 Å². The molecule has 2 rings (SSSR count). The number of nitrogens with one attached hydrogen (secondary N) is 1. The molecule has 3 nitrogen and oxygen atoms in total. The molecule has 1 atom stereocenters. The third-order valence-electron chi connectivity index (χ3n) is 4.31. The molecule has 142 valence electrons. The van der Waals surface area contributed by atoms with Crippen molar-refractivity contribution >= 4 is 12.2 Å². The van der Waals surface area contributed by atoms with E-state index in [1.807, 2.05) is 37.5 Å². The third kappa shape index (κ3) is 6.07. The second-order valence-corrected chi connectivity index (χ2v) is 6.23. The molecule has 1 unspecified atom stereocenters. The standard InChI is InChI=1S/C24H29NO2/c1-5-7-19(8-6-2)9-11-21-17-24(27-4)22(18-23(21)26-3)12-10-20-13-15-25-16-14-20/h5-6,8-20,25H,1,7H2,2-4H3/b8-6-,11-9+,12-10+. The van der Waals surface area contributed by atoms with Gasteiger partial charge in [0.2, 0.25) is 0 Å². The van der Waals surface area contributed by atoms with Crippen molar-refractivity contribution in [3.8, 4) is 11.5 Å². The minimum atomic E-state index is 0.266. The zero-order chi connectivity index (χ0) is 19.5. The van der Waals surface area contributed by atoms with Gasteiger partial charge in [0.1, 0.15) is 11.5 Å². The molecule has 1 heterocycles. The minimum absolute atomic E-state index is 0.266. The fourth-order valence-electron chi connectivity index (χ4n) is 2.89. The number of ether oxygens (including phenoxy) is 2. The van der Waals surface area contributed by atoms with E-state index in [4.69, 9.17) is 9.47 Å². The number of hydrogen-bond donors (Lipinski definition) is 1. The van der Waals surface area contributed by atoms with Crippen molar-refractivity contribution in [3.63, 3.8) is 0 Å². The van der Waals surface area contributed by atoms with E-state index >= 15 is 0 Å². The van der Waals surface area contributed by atoms with Crippen LogP contribution in [0, 0.1) is 11.8 Å². The molecule has 0 fully saturated rings. The number of allylic oxidation sites excluding steroid dienone is 7. The Hall–Kier alpha value is -2.94. The Kier molecular flexibility index (Phi) is 8.24. The Balaban J connectivity index is 2.30. The summed E-state index contributed by atoms with van der Waals surface area (Å²) in [4.78, 5) is 0. The Morgan fingerprint density at radius 3 is 2.22 bits per heavy atom. The van der Waals surface area contributed by atoms with Crippen LogP contribution in [0.2, 0.25) is 0 Å². The molecule has 0 amide bonds. The summed E-state index contributed by atoms with van der Waals surface area (Å²) in [5.74, 6) is 2.23. The summed E-state index contributed by atoms with van der Waals surface area (Å²) in [7, 11) is 3.38. The summed E-state index contributed by atoms with van der Waals surface area (Å²) in [6.45, 7) is 5.87.